The second-order valence-corrected chi connectivity index (χ2v) is 12.3. The van der Waals surface area contributed by atoms with Gasteiger partial charge < -0.3 is 25.1 Å². The summed E-state index contributed by atoms with van der Waals surface area (Å²) in [5, 5.41) is 23.2. The van der Waals surface area contributed by atoms with E-state index in [0.29, 0.717) is 16.0 Å². The van der Waals surface area contributed by atoms with Crippen LogP contribution in [0.2, 0.25) is 5.02 Å². The van der Waals surface area contributed by atoms with Crippen LogP contribution in [0.1, 0.15) is 32.2 Å². The molecule has 0 spiro atoms. The SMILES string of the molecule is CN[C@@H](CO)C(=O)NC1=CS(=O)(=O)c2cc(F)c(-c3nnc(C(C)(C)C)o3)cc2N(Cc2ccc(Cl)cc2)C1=O. The first kappa shape index (κ1) is 29.3. The lowest BCUT2D eigenvalue weighted by Gasteiger charge is -2.25. The van der Waals surface area contributed by atoms with Crippen molar-refractivity contribution in [3.05, 3.63) is 69.8 Å². The van der Waals surface area contributed by atoms with Gasteiger partial charge in [0.25, 0.3) is 11.8 Å². The van der Waals surface area contributed by atoms with Gasteiger partial charge in [0.15, 0.2) is 0 Å². The molecule has 2 amide bonds. The Hall–Kier alpha value is -3.65. The highest BCUT2D eigenvalue weighted by atomic mass is 35.5. The summed E-state index contributed by atoms with van der Waals surface area (Å²) in [7, 11) is -3.05. The van der Waals surface area contributed by atoms with Gasteiger partial charge in [-0.3, -0.25) is 9.59 Å². The smallest absolute Gasteiger partial charge is 0.275 e. The van der Waals surface area contributed by atoms with E-state index in [1.165, 1.54) is 7.05 Å². The molecule has 212 valence electrons. The van der Waals surface area contributed by atoms with Crippen LogP contribution < -0.4 is 15.5 Å². The molecule has 11 nitrogen and oxygen atoms in total. The van der Waals surface area contributed by atoms with Crippen LogP contribution in [-0.2, 0) is 31.4 Å². The minimum Gasteiger partial charge on any atom is -0.420 e. The Balaban J connectivity index is 1.89. The third-order valence-electron chi connectivity index (χ3n) is 6.05. The summed E-state index contributed by atoms with van der Waals surface area (Å²) < 4.78 is 47.9. The number of aromatic nitrogens is 2. The van der Waals surface area contributed by atoms with Crippen LogP contribution in [0.3, 0.4) is 0 Å². The zero-order valence-electron chi connectivity index (χ0n) is 22.0. The molecule has 0 bridgehead atoms. The van der Waals surface area contributed by atoms with E-state index in [1.54, 1.807) is 24.3 Å². The molecule has 0 aliphatic carbocycles. The largest absolute Gasteiger partial charge is 0.420 e. The number of nitrogens with zero attached hydrogens (tertiary/aromatic N) is 3. The number of fused-ring (bicyclic) bond motifs is 1. The number of aliphatic hydroxyl groups is 1. The van der Waals surface area contributed by atoms with Crippen molar-refractivity contribution in [2.75, 3.05) is 18.6 Å². The van der Waals surface area contributed by atoms with Crippen molar-refractivity contribution in [1.82, 2.24) is 20.8 Å². The zero-order chi connectivity index (χ0) is 29.4. The number of nitrogens with one attached hydrogen (secondary N) is 2. The summed E-state index contributed by atoms with van der Waals surface area (Å²) in [6, 6.07) is 7.26. The molecule has 0 fully saturated rings. The predicted octanol–water partition coefficient (Wildman–Crippen LogP) is 2.69. The van der Waals surface area contributed by atoms with E-state index in [9.17, 15) is 23.1 Å². The molecule has 4 rings (SSSR count). The number of likely N-dealkylation sites (N-methyl/N-ethyl adjacent to an activating group) is 1. The summed E-state index contributed by atoms with van der Waals surface area (Å²) in [5.74, 6) is -2.68. The number of rotatable bonds is 7. The van der Waals surface area contributed by atoms with Crippen molar-refractivity contribution in [1.29, 1.82) is 0 Å². The van der Waals surface area contributed by atoms with Crippen LogP contribution in [0.15, 0.2) is 56.8 Å². The monoisotopic (exact) mass is 591 g/mol. The molecular formula is C26H27ClFN5O6S. The van der Waals surface area contributed by atoms with Gasteiger partial charge in [0.1, 0.15) is 17.6 Å². The van der Waals surface area contributed by atoms with E-state index in [1.807, 2.05) is 20.8 Å². The third kappa shape index (κ3) is 5.92. The number of aliphatic hydroxyl groups excluding tert-OH is 1. The van der Waals surface area contributed by atoms with E-state index < -0.39 is 56.1 Å². The van der Waals surface area contributed by atoms with E-state index in [2.05, 4.69) is 20.8 Å². The molecule has 1 aliphatic rings. The molecule has 0 saturated carbocycles. The fourth-order valence-corrected chi connectivity index (χ4v) is 5.29. The standard InChI is InChI=1S/C26H27ClFN5O6S/c1-26(2,3)25-32-31-23(39-25)16-9-20-21(10-17(16)28)40(37,38)13-19(30-22(35)18(12-34)29-4)24(36)33(20)11-14-5-7-15(27)8-6-14/h5-10,13,18,29,34H,11-12H2,1-4H3,(H,30,35)/t18-/m0/s1. The van der Waals surface area contributed by atoms with Gasteiger partial charge in [-0.2, -0.15) is 0 Å². The van der Waals surface area contributed by atoms with Crippen LogP contribution in [-0.4, -0.2) is 55.2 Å². The summed E-state index contributed by atoms with van der Waals surface area (Å²) in [6.45, 7) is 4.71. The number of carbonyl (C=O) groups excluding carboxylic acids is 2. The van der Waals surface area contributed by atoms with Crippen molar-refractivity contribution in [2.45, 2.75) is 43.7 Å². The maximum absolute atomic E-state index is 15.4. The lowest BCUT2D eigenvalue weighted by atomic mass is 9.97. The van der Waals surface area contributed by atoms with Crippen molar-refractivity contribution < 1.29 is 31.9 Å². The number of carbonyl (C=O) groups is 2. The lowest BCUT2D eigenvalue weighted by molar-refractivity contribution is -0.125. The maximum atomic E-state index is 15.4. The van der Waals surface area contributed by atoms with E-state index in [-0.39, 0.29) is 29.6 Å². The number of halogens is 2. The van der Waals surface area contributed by atoms with Crippen molar-refractivity contribution in [3.63, 3.8) is 0 Å². The highest BCUT2D eigenvalue weighted by molar-refractivity contribution is 7.94. The third-order valence-corrected chi connectivity index (χ3v) is 7.79. The Kier molecular flexibility index (Phi) is 8.13. The first-order chi connectivity index (χ1) is 18.7. The summed E-state index contributed by atoms with van der Waals surface area (Å²) in [4.78, 5) is 27.0. The van der Waals surface area contributed by atoms with Crippen LogP contribution in [0, 0.1) is 5.82 Å². The van der Waals surface area contributed by atoms with Gasteiger partial charge in [0, 0.05) is 10.4 Å². The summed E-state index contributed by atoms with van der Waals surface area (Å²) in [6.07, 6.45) is 0. The number of hydrogen-bond donors (Lipinski definition) is 3. The van der Waals surface area contributed by atoms with Gasteiger partial charge in [-0.15, -0.1) is 10.2 Å². The highest BCUT2D eigenvalue weighted by Gasteiger charge is 2.35. The fourth-order valence-electron chi connectivity index (χ4n) is 3.84. The van der Waals surface area contributed by atoms with Gasteiger partial charge in [-0.25, -0.2) is 12.8 Å². The summed E-state index contributed by atoms with van der Waals surface area (Å²) >= 11 is 6.00. The number of hydrogen-bond acceptors (Lipinski definition) is 9. The van der Waals surface area contributed by atoms with Crippen molar-refractivity contribution in [3.8, 4) is 11.5 Å². The van der Waals surface area contributed by atoms with Gasteiger partial charge in [-0.1, -0.05) is 44.5 Å². The minimum atomic E-state index is -4.47. The number of benzene rings is 2. The highest BCUT2D eigenvalue weighted by Crippen LogP contribution is 2.38. The van der Waals surface area contributed by atoms with Crippen LogP contribution in [0.5, 0.6) is 0 Å². The average Bonchev–Trinajstić information content (AvgIpc) is 3.37. The zero-order valence-corrected chi connectivity index (χ0v) is 23.6. The average molecular weight is 592 g/mol. The van der Waals surface area contributed by atoms with Crippen molar-refractivity contribution >= 4 is 38.9 Å². The molecule has 2 heterocycles. The maximum Gasteiger partial charge on any atom is 0.275 e. The van der Waals surface area contributed by atoms with Crippen LogP contribution in [0.4, 0.5) is 10.1 Å². The second kappa shape index (κ2) is 11.1. The molecular weight excluding hydrogens is 565 g/mol. The van der Waals surface area contributed by atoms with Crippen LogP contribution in [0.25, 0.3) is 11.5 Å². The minimum absolute atomic E-state index is 0.163. The molecule has 1 atom stereocenters. The lowest BCUT2D eigenvalue weighted by Crippen LogP contribution is -2.47. The number of sulfone groups is 1. The van der Waals surface area contributed by atoms with Gasteiger partial charge in [0.2, 0.25) is 21.6 Å². The molecule has 3 N–H and O–H groups in total. The fraction of sp³-hybridized carbons (Fsp3) is 0.308. The van der Waals surface area contributed by atoms with E-state index in [4.69, 9.17) is 16.0 Å². The van der Waals surface area contributed by atoms with Gasteiger partial charge in [0.05, 0.1) is 34.7 Å². The Morgan fingerprint density at radius 3 is 2.45 bits per heavy atom. The molecule has 0 unspecified atom stereocenters. The molecule has 0 radical (unpaired) electrons. The predicted molar refractivity (Wildman–Crippen MR) is 144 cm³/mol. The summed E-state index contributed by atoms with van der Waals surface area (Å²) in [5.41, 5.74) is -0.938. The Morgan fingerprint density at radius 1 is 1.20 bits per heavy atom. The Bertz CT molecular complexity index is 1590. The van der Waals surface area contributed by atoms with E-state index >= 15 is 4.39 Å². The van der Waals surface area contributed by atoms with Crippen LogP contribution >= 0.6 is 11.6 Å². The normalized spacial score (nSPS) is 15.7. The molecule has 1 aliphatic heterocycles. The molecule has 1 aromatic heterocycles. The number of anilines is 1. The molecule has 40 heavy (non-hydrogen) atoms. The van der Waals surface area contributed by atoms with Crippen molar-refractivity contribution in [2.24, 2.45) is 0 Å². The molecule has 0 saturated heterocycles. The Morgan fingerprint density at radius 2 is 1.88 bits per heavy atom. The van der Waals surface area contributed by atoms with E-state index in [0.717, 1.165) is 17.0 Å². The Labute approximate surface area is 235 Å². The second-order valence-electron chi connectivity index (χ2n) is 10.1. The molecule has 14 heteroatoms. The molecule has 3 aromatic rings. The first-order valence-corrected chi connectivity index (χ1v) is 14.0. The molecule has 2 aromatic carbocycles. The van der Waals surface area contributed by atoms with Gasteiger partial charge in [-0.05, 0) is 36.9 Å². The first-order valence-electron chi connectivity index (χ1n) is 12.0. The topological polar surface area (TPSA) is 155 Å². The number of amides is 2. The van der Waals surface area contributed by atoms with Gasteiger partial charge >= 0.3 is 0 Å². The quantitative estimate of drug-likeness (QED) is 0.376.